The Hall–Kier alpha value is -1.60. The molecule has 4 N–H and O–H groups in total. The summed E-state index contributed by atoms with van der Waals surface area (Å²) in [6.45, 7) is 4.33. The molecule has 1 aliphatic heterocycles. The zero-order valence-electron chi connectivity index (χ0n) is 10.5. The second kappa shape index (κ2) is 4.95. The molecule has 0 aliphatic carbocycles. The third kappa shape index (κ3) is 2.19. The largest absolute Gasteiger partial charge is 0.394 e. The van der Waals surface area contributed by atoms with Gasteiger partial charge in [0.1, 0.15) is 5.56 Å². The van der Waals surface area contributed by atoms with Gasteiger partial charge in [-0.3, -0.25) is 9.89 Å². The number of ether oxygens (including phenoxy) is 1. The highest BCUT2D eigenvalue weighted by Gasteiger charge is 2.32. The first kappa shape index (κ1) is 12.8. The molecule has 7 nitrogen and oxygen atoms in total. The number of carbonyl (C=O) groups is 1. The Labute approximate surface area is 105 Å². The highest BCUT2D eigenvalue weighted by Crippen LogP contribution is 2.20. The van der Waals surface area contributed by atoms with Crippen molar-refractivity contribution in [1.29, 1.82) is 0 Å². The molecule has 0 bridgehead atoms. The molecule has 2 rings (SSSR count). The van der Waals surface area contributed by atoms with Gasteiger partial charge in [0.05, 0.1) is 25.4 Å². The average molecular weight is 254 g/mol. The molecule has 1 aliphatic rings. The van der Waals surface area contributed by atoms with Crippen molar-refractivity contribution in [1.82, 2.24) is 15.1 Å². The molecule has 0 radical (unpaired) electrons. The van der Waals surface area contributed by atoms with Gasteiger partial charge in [-0.15, -0.1) is 0 Å². The van der Waals surface area contributed by atoms with E-state index in [2.05, 4.69) is 10.2 Å². The lowest BCUT2D eigenvalue weighted by Crippen LogP contribution is -2.52. The molecular formula is C11H18N4O3. The smallest absolute Gasteiger partial charge is 0.259 e. The number of aliphatic hydroxyl groups excluding tert-OH is 1. The van der Waals surface area contributed by atoms with Gasteiger partial charge in [0.15, 0.2) is 5.82 Å². The van der Waals surface area contributed by atoms with Gasteiger partial charge in [0.25, 0.3) is 5.91 Å². The molecule has 2 heterocycles. The summed E-state index contributed by atoms with van der Waals surface area (Å²) in [7, 11) is 0. The molecule has 1 saturated heterocycles. The Morgan fingerprint density at radius 1 is 1.72 bits per heavy atom. The predicted molar refractivity (Wildman–Crippen MR) is 65.1 cm³/mol. The van der Waals surface area contributed by atoms with E-state index in [4.69, 9.17) is 15.6 Å². The van der Waals surface area contributed by atoms with Crippen molar-refractivity contribution in [2.75, 3.05) is 25.5 Å². The van der Waals surface area contributed by atoms with Gasteiger partial charge >= 0.3 is 0 Å². The molecule has 7 heteroatoms. The number of nitrogens with two attached hydrogens (primary N) is 1. The number of aromatic nitrogens is 2. The van der Waals surface area contributed by atoms with Crippen LogP contribution in [0.15, 0.2) is 0 Å². The van der Waals surface area contributed by atoms with Crippen molar-refractivity contribution in [2.45, 2.75) is 26.0 Å². The van der Waals surface area contributed by atoms with E-state index in [0.717, 1.165) is 0 Å². The van der Waals surface area contributed by atoms with Crippen LogP contribution in [0.2, 0.25) is 0 Å². The van der Waals surface area contributed by atoms with Gasteiger partial charge in [-0.25, -0.2) is 0 Å². The van der Waals surface area contributed by atoms with E-state index in [-0.39, 0.29) is 30.5 Å². The van der Waals surface area contributed by atoms with Crippen LogP contribution in [0.25, 0.3) is 0 Å². The Kier molecular flexibility index (Phi) is 3.53. The normalized spacial score (nSPS) is 24.3. The van der Waals surface area contributed by atoms with Crippen molar-refractivity contribution < 1.29 is 14.6 Å². The monoisotopic (exact) mass is 254 g/mol. The molecule has 18 heavy (non-hydrogen) atoms. The van der Waals surface area contributed by atoms with Crippen molar-refractivity contribution in [3.63, 3.8) is 0 Å². The highest BCUT2D eigenvalue weighted by atomic mass is 16.5. The number of aromatic amines is 1. The fourth-order valence-electron chi connectivity index (χ4n) is 2.07. The minimum absolute atomic E-state index is 0.0472. The third-order valence-corrected chi connectivity index (χ3v) is 3.16. The quantitative estimate of drug-likeness (QED) is 0.661. The molecule has 2 unspecified atom stereocenters. The molecule has 1 aromatic heterocycles. The van der Waals surface area contributed by atoms with Crippen LogP contribution in [-0.2, 0) is 4.74 Å². The number of aryl methyl sites for hydroxylation is 1. The summed E-state index contributed by atoms with van der Waals surface area (Å²) in [5.41, 5.74) is 6.74. The van der Waals surface area contributed by atoms with E-state index in [0.29, 0.717) is 24.4 Å². The molecule has 1 aromatic rings. The van der Waals surface area contributed by atoms with E-state index < -0.39 is 0 Å². The van der Waals surface area contributed by atoms with Crippen LogP contribution < -0.4 is 5.73 Å². The van der Waals surface area contributed by atoms with E-state index in [1.807, 2.05) is 6.92 Å². The summed E-state index contributed by atoms with van der Waals surface area (Å²) in [6.07, 6.45) is -0.335. The number of H-pyrrole nitrogens is 1. The van der Waals surface area contributed by atoms with E-state index in [9.17, 15) is 4.79 Å². The number of amides is 1. The lowest BCUT2D eigenvalue weighted by atomic mass is 10.1. The van der Waals surface area contributed by atoms with E-state index in [1.165, 1.54) is 0 Å². The van der Waals surface area contributed by atoms with Crippen LogP contribution >= 0.6 is 0 Å². The maximum Gasteiger partial charge on any atom is 0.259 e. The summed E-state index contributed by atoms with van der Waals surface area (Å²) in [4.78, 5) is 14.1. The Morgan fingerprint density at radius 3 is 3.00 bits per heavy atom. The van der Waals surface area contributed by atoms with Crippen molar-refractivity contribution in [3.05, 3.63) is 11.3 Å². The van der Waals surface area contributed by atoms with E-state index in [1.54, 1.807) is 11.8 Å². The maximum absolute atomic E-state index is 12.4. The number of morpholine rings is 1. The number of rotatable bonds is 2. The Morgan fingerprint density at radius 2 is 2.44 bits per heavy atom. The van der Waals surface area contributed by atoms with Gasteiger partial charge in [0, 0.05) is 12.2 Å². The number of nitrogen functional groups attached to an aromatic ring is 1. The van der Waals surface area contributed by atoms with Crippen LogP contribution in [0.3, 0.4) is 0 Å². The molecule has 100 valence electrons. The van der Waals surface area contributed by atoms with Crippen LogP contribution in [0.4, 0.5) is 5.82 Å². The predicted octanol–water partition coefficient (Wildman–Crippen LogP) is -0.478. The fourth-order valence-corrected chi connectivity index (χ4v) is 2.07. The molecule has 1 fully saturated rings. The molecule has 1 amide bonds. The summed E-state index contributed by atoms with van der Waals surface area (Å²) >= 11 is 0. The number of nitrogens with zero attached hydrogens (tertiary/aromatic N) is 2. The zero-order chi connectivity index (χ0) is 13.3. The fraction of sp³-hybridized carbons (Fsp3) is 0.636. The van der Waals surface area contributed by atoms with Gasteiger partial charge in [-0.2, -0.15) is 5.10 Å². The van der Waals surface area contributed by atoms with Crippen molar-refractivity contribution in [2.24, 2.45) is 0 Å². The van der Waals surface area contributed by atoms with E-state index >= 15 is 0 Å². The van der Waals surface area contributed by atoms with Gasteiger partial charge in [-0.05, 0) is 13.8 Å². The Bertz CT molecular complexity index is 426. The second-order valence-electron chi connectivity index (χ2n) is 4.55. The first-order valence-corrected chi connectivity index (χ1v) is 5.88. The molecule has 0 saturated carbocycles. The third-order valence-electron chi connectivity index (χ3n) is 3.16. The Balaban J connectivity index is 2.22. The van der Waals surface area contributed by atoms with Crippen molar-refractivity contribution in [3.8, 4) is 0 Å². The standard InChI is InChI=1S/C11H18N4O3/c1-6-5-18-8(4-16)3-15(6)11(17)9-7(2)13-14-10(9)12/h6,8,16H,3-5H2,1-2H3,(H3,12,13,14). The van der Waals surface area contributed by atoms with Crippen LogP contribution in [0.1, 0.15) is 23.0 Å². The first-order valence-electron chi connectivity index (χ1n) is 5.88. The first-order chi connectivity index (χ1) is 8.54. The highest BCUT2D eigenvalue weighted by molar-refractivity contribution is 5.99. The number of hydrogen-bond donors (Lipinski definition) is 3. The van der Waals surface area contributed by atoms with Crippen LogP contribution in [0.5, 0.6) is 0 Å². The molecule has 0 spiro atoms. The minimum atomic E-state index is -0.335. The average Bonchev–Trinajstić information content (AvgIpc) is 2.69. The number of anilines is 1. The number of carbonyl (C=O) groups excluding carboxylic acids is 1. The molecule has 0 aromatic carbocycles. The summed E-state index contributed by atoms with van der Waals surface area (Å²) < 4.78 is 5.40. The summed E-state index contributed by atoms with van der Waals surface area (Å²) in [5.74, 6) is 0.0322. The molecular weight excluding hydrogens is 236 g/mol. The topological polar surface area (TPSA) is 104 Å². The zero-order valence-corrected chi connectivity index (χ0v) is 10.5. The minimum Gasteiger partial charge on any atom is -0.394 e. The van der Waals surface area contributed by atoms with Gasteiger partial charge < -0.3 is 20.5 Å². The lowest BCUT2D eigenvalue weighted by Gasteiger charge is -2.37. The van der Waals surface area contributed by atoms with Crippen LogP contribution in [-0.4, -0.2) is 58.0 Å². The summed E-state index contributed by atoms with van der Waals surface area (Å²) in [5, 5.41) is 15.6. The molecule has 2 atom stereocenters. The van der Waals surface area contributed by atoms with Crippen molar-refractivity contribution >= 4 is 11.7 Å². The summed E-state index contributed by atoms with van der Waals surface area (Å²) in [6, 6.07) is -0.0472. The van der Waals surface area contributed by atoms with Crippen LogP contribution in [0, 0.1) is 6.92 Å². The lowest BCUT2D eigenvalue weighted by molar-refractivity contribution is -0.0667. The SMILES string of the molecule is Cc1[nH]nc(N)c1C(=O)N1CC(CO)OCC1C. The number of hydrogen-bond acceptors (Lipinski definition) is 5. The number of aliphatic hydroxyl groups is 1. The van der Waals surface area contributed by atoms with Gasteiger partial charge in [-0.1, -0.05) is 0 Å². The van der Waals surface area contributed by atoms with Gasteiger partial charge in [0.2, 0.25) is 0 Å². The maximum atomic E-state index is 12.4. The second-order valence-corrected chi connectivity index (χ2v) is 4.55. The number of nitrogens with one attached hydrogen (secondary N) is 1.